The normalized spacial score (nSPS) is 12.1. The average molecular weight is 578 g/mol. The number of nitrogens with one attached hydrogen (secondary N) is 1. The van der Waals surface area contributed by atoms with Gasteiger partial charge in [-0.05, 0) is 48.1 Å². The molecule has 0 saturated heterocycles. The smallest absolute Gasteiger partial charge is 0.244 e. The van der Waals surface area contributed by atoms with E-state index in [-0.39, 0.29) is 18.4 Å². The van der Waals surface area contributed by atoms with Crippen LogP contribution < -0.4 is 9.62 Å². The van der Waals surface area contributed by atoms with Gasteiger partial charge in [0.2, 0.25) is 21.8 Å². The van der Waals surface area contributed by atoms with Crippen LogP contribution in [-0.4, -0.2) is 50.5 Å². The molecular weight excluding hydrogens is 534 g/mol. The average Bonchev–Trinajstić information content (AvgIpc) is 2.93. The zero-order chi connectivity index (χ0) is 30.0. The molecule has 0 fully saturated rings. The Labute approximate surface area is 245 Å². The molecule has 0 radical (unpaired) electrons. The third kappa shape index (κ3) is 9.46. The molecule has 0 unspecified atom stereocenters. The van der Waals surface area contributed by atoms with Gasteiger partial charge >= 0.3 is 0 Å². The number of rotatable bonds is 14. The van der Waals surface area contributed by atoms with Crippen LogP contribution in [0.25, 0.3) is 0 Å². The van der Waals surface area contributed by atoms with Crippen LogP contribution in [0, 0.1) is 6.92 Å². The number of carbonyl (C=O) groups excluding carboxylic acids is 2. The van der Waals surface area contributed by atoms with Crippen molar-refractivity contribution in [3.8, 4) is 0 Å². The first-order valence-electron chi connectivity index (χ1n) is 14.2. The Morgan fingerprint density at radius 2 is 1.56 bits per heavy atom. The standard InChI is InChI=1S/C33H43N3O4S/c1-6-7-20-34-33(38)31(22-27-13-9-8-10-14-27)35(23-28-15-11-12-26(4)21-28)32(37)24-36(41(5,39)40)30-18-16-29(17-19-30)25(2)3/h8-19,21,25,31H,6-7,20,22-24H2,1-5H3,(H,34,38)/t31-/m1/s1. The second-order valence-corrected chi connectivity index (χ2v) is 12.8. The maximum absolute atomic E-state index is 14.1. The van der Waals surface area contributed by atoms with Gasteiger partial charge in [0.1, 0.15) is 12.6 Å². The summed E-state index contributed by atoms with van der Waals surface area (Å²) in [6.07, 6.45) is 3.15. The van der Waals surface area contributed by atoms with Crippen molar-refractivity contribution in [2.75, 3.05) is 23.7 Å². The molecule has 3 aromatic carbocycles. The number of hydrogen-bond donors (Lipinski definition) is 1. The van der Waals surface area contributed by atoms with Crippen molar-refractivity contribution in [1.82, 2.24) is 10.2 Å². The molecule has 3 aromatic rings. The van der Waals surface area contributed by atoms with E-state index < -0.39 is 28.5 Å². The number of nitrogens with zero attached hydrogens (tertiary/aromatic N) is 2. The summed E-state index contributed by atoms with van der Waals surface area (Å²) in [7, 11) is -3.80. The molecule has 41 heavy (non-hydrogen) atoms. The Hall–Kier alpha value is -3.65. The summed E-state index contributed by atoms with van der Waals surface area (Å²) in [4.78, 5) is 29.3. The molecule has 0 aliphatic carbocycles. The molecule has 8 heteroatoms. The molecule has 220 valence electrons. The zero-order valence-electron chi connectivity index (χ0n) is 24.8. The second-order valence-electron chi connectivity index (χ2n) is 10.9. The molecule has 0 bridgehead atoms. The van der Waals surface area contributed by atoms with Crippen LogP contribution in [0.15, 0.2) is 78.9 Å². The van der Waals surface area contributed by atoms with E-state index in [0.29, 0.717) is 18.7 Å². The Balaban J connectivity index is 2.02. The van der Waals surface area contributed by atoms with Crippen LogP contribution in [0.2, 0.25) is 0 Å². The lowest BCUT2D eigenvalue weighted by atomic mass is 10.0. The first-order chi connectivity index (χ1) is 19.5. The van der Waals surface area contributed by atoms with Crippen LogP contribution in [0.4, 0.5) is 5.69 Å². The van der Waals surface area contributed by atoms with E-state index in [4.69, 9.17) is 0 Å². The molecule has 0 aliphatic heterocycles. The van der Waals surface area contributed by atoms with Gasteiger partial charge in [-0.2, -0.15) is 0 Å². The zero-order valence-corrected chi connectivity index (χ0v) is 25.7. The maximum atomic E-state index is 14.1. The number of unbranched alkanes of at least 4 members (excludes halogenated alkanes) is 1. The van der Waals surface area contributed by atoms with Crippen molar-refractivity contribution in [2.45, 2.75) is 65.5 Å². The minimum Gasteiger partial charge on any atom is -0.354 e. The van der Waals surface area contributed by atoms with E-state index in [9.17, 15) is 18.0 Å². The number of amides is 2. The third-order valence-corrected chi connectivity index (χ3v) is 8.20. The van der Waals surface area contributed by atoms with E-state index in [2.05, 4.69) is 26.1 Å². The SMILES string of the molecule is CCCCNC(=O)[C@@H](Cc1ccccc1)N(Cc1cccc(C)c1)C(=O)CN(c1ccc(C(C)C)cc1)S(C)(=O)=O. The molecular formula is C33H43N3O4S. The fourth-order valence-electron chi connectivity index (χ4n) is 4.71. The van der Waals surface area contributed by atoms with E-state index in [1.54, 1.807) is 12.1 Å². The molecule has 3 rings (SSSR count). The maximum Gasteiger partial charge on any atom is 0.244 e. The number of sulfonamides is 1. The quantitative estimate of drug-likeness (QED) is 0.259. The van der Waals surface area contributed by atoms with Gasteiger partial charge in [0.05, 0.1) is 11.9 Å². The number of anilines is 1. The first-order valence-corrected chi connectivity index (χ1v) is 16.1. The van der Waals surface area contributed by atoms with Gasteiger partial charge in [-0.15, -0.1) is 0 Å². The van der Waals surface area contributed by atoms with Crippen LogP contribution in [0.5, 0.6) is 0 Å². The van der Waals surface area contributed by atoms with Gasteiger partial charge in [-0.1, -0.05) is 99.5 Å². The van der Waals surface area contributed by atoms with Gasteiger partial charge in [0, 0.05) is 19.5 Å². The molecule has 1 N–H and O–H groups in total. The first kappa shape index (κ1) is 31.9. The van der Waals surface area contributed by atoms with Crippen molar-refractivity contribution in [3.05, 3.63) is 101 Å². The largest absolute Gasteiger partial charge is 0.354 e. The summed E-state index contributed by atoms with van der Waals surface area (Å²) in [5, 5.41) is 3.00. The van der Waals surface area contributed by atoms with Gasteiger partial charge in [0.15, 0.2) is 0 Å². The lowest BCUT2D eigenvalue weighted by Gasteiger charge is -2.33. The Morgan fingerprint density at radius 3 is 2.15 bits per heavy atom. The van der Waals surface area contributed by atoms with Crippen LogP contribution in [-0.2, 0) is 32.6 Å². The minimum absolute atomic E-state index is 0.170. The van der Waals surface area contributed by atoms with Crippen molar-refractivity contribution in [2.24, 2.45) is 0 Å². The number of benzene rings is 3. The summed E-state index contributed by atoms with van der Waals surface area (Å²) in [5.74, 6) is -0.418. The highest BCUT2D eigenvalue weighted by molar-refractivity contribution is 7.92. The Morgan fingerprint density at radius 1 is 0.902 bits per heavy atom. The highest BCUT2D eigenvalue weighted by atomic mass is 32.2. The van der Waals surface area contributed by atoms with Crippen molar-refractivity contribution < 1.29 is 18.0 Å². The number of carbonyl (C=O) groups is 2. The molecule has 2 amide bonds. The topological polar surface area (TPSA) is 86.8 Å². The Bertz CT molecular complexity index is 1390. The fourth-order valence-corrected chi connectivity index (χ4v) is 5.56. The van der Waals surface area contributed by atoms with E-state index in [1.165, 1.54) is 4.90 Å². The summed E-state index contributed by atoms with van der Waals surface area (Å²) in [6, 6.07) is 23.8. The lowest BCUT2D eigenvalue weighted by molar-refractivity contribution is -0.140. The van der Waals surface area contributed by atoms with Gasteiger partial charge in [-0.3, -0.25) is 13.9 Å². The fraction of sp³-hybridized carbons (Fsp3) is 0.394. The monoisotopic (exact) mass is 577 g/mol. The van der Waals surface area contributed by atoms with Crippen LogP contribution in [0.1, 0.15) is 61.8 Å². The van der Waals surface area contributed by atoms with Crippen LogP contribution in [0.3, 0.4) is 0 Å². The summed E-state index contributed by atoms with van der Waals surface area (Å²) >= 11 is 0. The second kappa shape index (κ2) is 14.8. The van der Waals surface area contributed by atoms with E-state index >= 15 is 0 Å². The number of hydrogen-bond acceptors (Lipinski definition) is 4. The van der Waals surface area contributed by atoms with E-state index in [0.717, 1.165) is 45.7 Å². The van der Waals surface area contributed by atoms with E-state index in [1.807, 2.05) is 73.7 Å². The minimum atomic E-state index is -3.80. The molecule has 0 spiro atoms. The molecule has 0 aromatic heterocycles. The molecule has 0 aliphatic rings. The Kier molecular flexibility index (Phi) is 11.5. The highest BCUT2D eigenvalue weighted by Gasteiger charge is 2.33. The summed E-state index contributed by atoms with van der Waals surface area (Å²) in [6.45, 7) is 8.41. The molecule has 0 heterocycles. The van der Waals surface area contributed by atoms with Crippen molar-refractivity contribution in [1.29, 1.82) is 0 Å². The predicted octanol–water partition coefficient (Wildman–Crippen LogP) is 5.44. The number of aryl methyl sites for hydroxylation is 1. The molecule has 7 nitrogen and oxygen atoms in total. The van der Waals surface area contributed by atoms with Gasteiger partial charge in [-0.25, -0.2) is 8.42 Å². The molecule has 0 saturated carbocycles. The summed E-state index contributed by atoms with van der Waals surface area (Å²) in [5.41, 5.74) is 4.29. The van der Waals surface area contributed by atoms with Crippen molar-refractivity contribution in [3.63, 3.8) is 0 Å². The lowest BCUT2D eigenvalue weighted by Crippen LogP contribution is -2.53. The van der Waals surface area contributed by atoms with Crippen molar-refractivity contribution >= 4 is 27.5 Å². The predicted molar refractivity (Wildman–Crippen MR) is 166 cm³/mol. The highest BCUT2D eigenvalue weighted by Crippen LogP contribution is 2.23. The van der Waals surface area contributed by atoms with Gasteiger partial charge < -0.3 is 10.2 Å². The van der Waals surface area contributed by atoms with Gasteiger partial charge in [0.25, 0.3) is 0 Å². The third-order valence-electron chi connectivity index (χ3n) is 7.06. The molecule has 1 atom stereocenters. The summed E-state index contributed by atoms with van der Waals surface area (Å²) < 4.78 is 27.0. The van der Waals surface area contributed by atoms with Crippen LogP contribution >= 0.6 is 0 Å².